The molecule has 2 nitrogen and oxygen atoms in total. The van der Waals surface area contributed by atoms with E-state index in [0.29, 0.717) is 0 Å². The Labute approximate surface area is 137 Å². The van der Waals surface area contributed by atoms with E-state index >= 15 is 0 Å². The van der Waals surface area contributed by atoms with Gasteiger partial charge in [0.1, 0.15) is 12.2 Å². The standard InChI is InChI=1S/C18H16F4O2/c1-5-7-11-12(18(11,3)4)17(23)24-8-10-15(21)13(19)9(6-2)14(20)16(10)22/h2,5,7,11-12H,8H2,1,3-4H3/t11-,12+/m1/s1. The third-order valence-corrected chi connectivity index (χ3v) is 4.42. The van der Waals surface area contributed by atoms with Gasteiger partial charge in [0.25, 0.3) is 0 Å². The fraction of sp³-hybridized carbons (Fsp3) is 0.389. The van der Waals surface area contributed by atoms with Gasteiger partial charge in [-0.2, -0.15) is 0 Å². The number of rotatable bonds is 4. The van der Waals surface area contributed by atoms with E-state index in [4.69, 9.17) is 11.2 Å². The first-order chi connectivity index (χ1) is 11.2. The molecule has 2 rings (SSSR count). The van der Waals surface area contributed by atoms with Crippen LogP contribution in [0.1, 0.15) is 31.9 Å². The second-order valence-corrected chi connectivity index (χ2v) is 6.21. The lowest BCUT2D eigenvalue weighted by atomic mass is 10.1. The summed E-state index contributed by atoms with van der Waals surface area (Å²) < 4.78 is 59.7. The monoisotopic (exact) mass is 340 g/mol. The topological polar surface area (TPSA) is 26.3 Å². The lowest BCUT2D eigenvalue weighted by Gasteiger charge is -2.10. The number of esters is 1. The lowest BCUT2D eigenvalue weighted by Crippen LogP contribution is -2.14. The van der Waals surface area contributed by atoms with Gasteiger partial charge in [-0.25, -0.2) is 17.6 Å². The van der Waals surface area contributed by atoms with Crippen LogP contribution in [0, 0.1) is 52.9 Å². The number of carbonyl (C=O) groups excluding carboxylic acids is 1. The van der Waals surface area contributed by atoms with Crippen LogP contribution >= 0.6 is 0 Å². The van der Waals surface area contributed by atoms with Gasteiger partial charge >= 0.3 is 5.97 Å². The predicted octanol–water partition coefficient (Wildman–Crippen LogP) is 4.12. The van der Waals surface area contributed by atoms with Crippen molar-refractivity contribution in [2.75, 3.05) is 0 Å². The van der Waals surface area contributed by atoms with E-state index in [9.17, 15) is 22.4 Å². The first kappa shape index (κ1) is 18.1. The van der Waals surface area contributed by atoms with Gasteiger partial charge in [0.15, 0.2) is 23.3 Å². The molecular weight excluding hydrogens is 324 g/mol. The molecule has 0 heterocycles. The van der Waals surface area contributed by atoms with Crippen molar-refractivity contribution in [3.8, 4) is 12.3 Å². The zero-order chi connectivity index (χ0) is 18.2. The minimum absolute atomic E-state index is 0.0537. The summed E-state index contributed by atoms with van der Waals surface area (Å²) in [6, 6.07) is 0. The maximum atomic E-state index is 13.8. The molecule has 0 saturated heterocycles. The van der Waals surface area contributed by atoms with Gasteiger partial charge in [0.2, 0.25) is 0 Å². The van der Waals surface area contributed by atoms with Gasteiger partial charge in [0, 0.05) is 0 Å². The van der Waals surface area contributed by atoms with E-state index in [2.05, 4.69) is 0 Å². The molecule has 0 aliphatic heterocycles. The molecule has 0 bridgehead atoms. The van der Waals surface area contributed by atoms with E-state index in [0.717, 1.165) is 0 Å². The summed E-state index contributed by atoms with van der Waals surface area (Å²) in [5, 5.41) is 0. The van der Waals surface area contributed by atoms with E-state index in [1.165, 1.54) is 0 Å². The zero-order valence-corrected chi connectivity index (χ0v) is 13.4. The zero-order valence-electron chi connectivity index (χ0n) is 13.4. The van der Waals surface area contributed by atoms with Crippen LogP contribution in [0.4, 0.5) is 17.6 Å². The molecule has 1 aliphatic carbocycles. The molecular formula is C18H16F4O2. The number of ether oxygens (including phenoxy) is 1. The molecule has 0 amide bonds. The molecule has 2 atom stereocenters. The molecule has 0 unspecified atom stereocenters. The molecule has 1 aromatic rings. The molecule has 0 radical (unpaired) electrons. The Balaban J connectivity index is 2.20. The summed E-state index contributed by atoms with van der Waals surface area (Å²) in [4.78, 5) is 12.1. The van der Waals surface area contributed by atoms with Crippen LogP contribution in [0.15, 0.2) is 12.2 Å². The highest BCUT2D eigenvalue weighted by molar-refractivity contribution is 5.78. The molecule has 0 aromatic heterocycles. The Kier molecular flexibility index (Phi) is 4.75. The number of allylic oxidation sites excluding steroid dienone is 2. The second-order valence-electron chi connectivity index (χ2n) is 6.21. The molecule has 1 aromatic carbocycles. The minimum atomic E-state index is -1.68. The normalized spacial score (nSPS) is 21.6. The lowest BCUT2D eigenvalue weighted by molar-refractivity contribution is -0.147. The summed E-state index contributed by atoms with van der Waals surface area (Å²) in [6.07, 6.45) is 8.46. The number of halogens is 4. The fourth-order valence-electron chi connectivity index (χ4n) is 2.86. The van der Waals surface area contributed by atoms with Crippen molar-refractivity contribution in [3.05, 3.63) is 46.5 Å². The highest BCUT2D eigenvalue weighted by atomic mass is 19.2. The number of hydrogen-bond donors (Lipinski definition) is 0. The number of terminal acetylenes is 1. The first-order valence-corrected chi connectivity index (χ1v) is 7.29. The van der Waals surface area contributed by atoms with E-state index in [-0.39, 0.29) is 11.3 Å². The molecule has 6 heteroatoms. The Morgan fingerprint density at radius 3 is 2.21 bits per heavy atom. The molecule has 1 fully saturated rings. The third-order valence-electron chi connectivity index (χ3n) is 4.42. The Morgan fingerprint density at radius 2 is 1.75 bits per heavy atom. The smallest absolute Gasteiger partial charge is 0.310 e. The van der Waals surface area contributed by atoms with Crippen molar-refractivity contribution in [3.63, 3.8) is 0 Å². The average Bonchev–Trinajstić information content (AvgIpc) is 3.07. The van der Waals surface area contributed by atoms with Crippen molar-refractivity contribution in [2.45, 2.75) is 27.4 Å². The van der Waals surface area contributed by atoms with Crippen molar-refractivity contribution in [1.82, 2.24) is 0 Å². The maximum absolute atomic E-state index is 13.8. The molecule has 128 valence electrons. The number of carbonyl (C=O) groups is 1. The largest absolute Gasteiger partial charge is 0.460 e. The van der Waals surface area contributed by atoms with Gasteiger partial charge in [-0.05, 0) is 18.3 Å². The van der Waals surface area contributed by atoms with E-state index < -0.39 is 52.9 Å². The van der Waals surface area contributed by atoms with Crippen LogP contribution in [0.3, 0.4) is 0 Å². The summed E-state index contributed by atoms with van der Waals surface area (Å²) in [6.45, 7) is 4.60. The first-order valence-electron chi connectivity index (χ1n) is 7.29. The molecule has 0 spiro atoms. The van der Waals surface area contributed by atoms with Gasteiger partial charge in [-0.1, -0.05) is 31.9 Å². The highest BCUT2D eigenvalue weighted by Crippen LogP contribution is 2.59. The third kappa shape index (κ3) is 2.79. The van der Waals surface area contributed by atoms with Gasteiger partial charge < -0.3 is 4.74 Å². The van der Waals surface area contributed by atoms with Crippen molar-refractivity contribution in [2.24, 2.45) is 17.3 Å². The maximum Gasteiger partial charge on any atom is 0.310 e. The van der Waals surface area contributed by atoms with Crippen LogP contribution in [-0.4, -0.2) is 5.97 Å². The number of benzene rings is 1. The van der Waals surface area contributed by atoms with Crippen LogP contribution in [0.25, 0.3) is 0 Å². The van der Waals surface area contributed by atoms with Gasteiger partial charge in [-0.3, -0.25) is 4.79 Å². The molecule has 0 N–H and O–H groups in total. The van der Waals surface area contributed by atoms with Gasteiger partial charge in [-0.15, -0.1) is 6.42 Å². The molecule has 1 saturated carbocycles. The van der Waals surface area contributed by atoms with E-state index in [1.54, 1.807) is 18.9 Å². The van der Waals surface area contributed by atoms with Crippen LogP contribution in [0.5, 0.6) is 0 Å². The summed E-state index contributed by atoms with van der Waals surface area (Å²) >= 11 is 0. The Hall–Kier alpha value is -2.29. The minimum Gasteiger partial charge on any atom is -0.460 e. The van der Waals surface area contributed by atoms with Crippen molar-refractivity contribution >= 4 is 5.97 Å². The summed E-state index contributed by atoms with van der Waals surface area (Å²) in [5.41, 5.74) is -2.47. The highest BCUT2D eigenvalue weighted by Gasteiger charge is 2.61. The summed E-state index contributed by atoms with van der Waals surface area (Å²) in [7, 11) is 0. The molecule has 24 heavy (non-hydrogen) atoms. The SMILES string of the molecule is C#Cc1c(F)c(F)c(COC(=O)[C@@H]2[C@@H](C=CC)C2(C)C)c(F)c1F. The van der Waals surface area contributed by atoms with E-state index in [1.807, 2.05) is 19.9 Å². The second kappa shape index (κ2) is 6.31. The van der Waals surface area contributed by atoms with Crippen molar-refractivity contribution in [1.29, 1.82) is 0 Å². The van der Waals surface area contributed by atoms with Crippen LogP contribution in [-0.2, 0) is 16.1 Å². The van der Waals surface area contributed by atoms with Gasteiger partial charge in [0.05, 0.1) is 11.5 Å². The fourth-order valence-corrected chi connectivity index (χ4v) is 2.86. The predicted molar refractivity (Wildman–Crippen MR) is 79.6 cm³/mol. The Morgan fingerprint density at radius 1 is 1.21 bits per heavy atom. The average molecular weight is 340 g/mol. The molecule has 1 aliphatic rings. The van der Waals surface area contributed by atoms with Crippen LogP contribution < -0.4 is 0 Å². The van der Waals surface area contributed by atoms with Crippen molar-refractivity contribution < 1.29 is 27.1 Å². The quantitative estimate of drug-likeness (QED) is 0.271. The Bertz CT molecular complexity index is 730. The number of hydrogen-bond acceptors (Lipinski definition) is 2. The summed E-state index contributed by atoms with van der Waals surface area (Å²) in [5.74, 6) is -6.33. The van der Waals surface area contributed by atoms with Crippen LogP contribution in [0.2, 0.25) is 0 Å².